The maximum Gasteiger partial charge on any atom is 0.267 e. The molecular weight excluding hydrogens is 478 g/mol. The number of sulfonamides is 1. The first kappa shape index (κ1) is 19.9. The zero-order chi connectivity index (χ0) is 20.8. The number of anilines is 2. The van der Waals surface area contributed by atoms with Gasteiger partial charge in [0.15, 0.2) is 11.2 Å². The summed E-state index contributed by atoms with van der Waals surface area (Å²) < 4.78 is 34.0. The molecule has 2 aromatic carbocycles. The van der Waals surface area contributed by atoms with Crippen molar-refractivity contribution >= 4 is 54.0 Å². The van der Waals surface area contributed by atoms with E-state index in [1.165, 1.54) is 23.5 Å². The van der Waals surface area contributed by atoms with Crippen molar-refractivity contribution in [3.63, 3.8) is 0 Å². The van der Waals surface area contributed by atoms with Crippen LogP contribution >= 0.6 is 27.3 Å². The van der Waals surface area contributed by atoms with E-state index in [1.54, 1.807) is 48.5 Å². The summed E-state index contributed by atoms with van der Waals surface area (Å²) in [6, 6.07) is 11.8. The van der Waals surface area contributed by atoms with Gasteiger partial charge in [-0.2, -0.15) is 0 Å². The highest BCUT2D eigenvalue weighted by molar-refractivity contribution is 9.10. The van der Waals surface area contributed by atoms with Crippen molar-refractivity contribution in [2.24, 2.45) is 0 Å². The van der Waals surface area contributed by atoms with E-state index in [4.69, 9.17) is 4.74 Å². The van der Waals surface area contributed by atoms with Crippen LogP contribution in [0.2, 0.25) is 0 Å². The van der Waals surface area contributed by atoms with Crippen molar-refractivity contribution < 1.29 is 17.9 Å². The predicted octanol–water partition coefficient (Wildman–Crippen LogP) is 4.12. The number of nitrogens with one attached hydrogen (secondary N) is 1. The predicted molar refractivity (Wildman–Crippen MR) is 116 cm³/mol. The fourth-order valence-electron chi connectivity index (χ4n) is 2.91. The van der Waals surface area contributed by atoms with E-state index in [9.17, 15) is 13.2 Å². The summed E-state index contributed by atoms with van der Waals surface area (Å²) in [6.45, 7) is 1.71. The Hall–Kier alpha value is -2.43. The highest BCUT2D eigenvalue weighted by atomic mass is 79.9. The molecule has 1 aliphatic rings. The maximum absolute atomic E-state index is 12.5. The van der Waals surface area contributed by atoms with Gasteiger partial charge in [-0.1, -0.05) is 15.9 Å². The van der Waals surface area contributed by atoms with Crippen LogP contribution in [0.4, 0.5) is 10.8 Å². The van der Waals surface area contributed by atoms with Gasteiger partial charge in [0, 0.05) is 22.5 Å². The number of hydrogen-bond acceptors (Lipinski definition) is 6. The fraction of sp³-hybridized carbons (Fsp3) is 0.158. The van der Waals surface area contributed by atoms with Crippen molar-refractivity contribution in [3.05, 3.63) is 52.3 Å². The topological polar surface area (TPSA) is 88.6 Å². The van der Waals surface area contributed by atoms with Crippen LogP contribution in [0.25, 0.3) is 11.3 Å². The third-order valence-electron chi connectivity index (χ3n) is 4.45. The van der Waals surface area contributed by atoms with E-state index in [0.29, 0.717) is 17.1 Å². The first-order chi connectivity index (χ1) is 13.7. The molecule has 1 unspecified atom stereocenters. The van der Waals surface area contributed by atoms with Gasteiger partial charge in [0.25, 0.3) is 15.9 Å². The molecule has 0 saturated heterocycles. The van der Waals surface area contributed by atoms with E-state index < -0.39 is 16.1 Å². The van der Waals surface area contributed by atoms with Crippen molar-refractivity contribution in [1.82, 2.24) is 4.98 Å². The average molecular weight is 494 g/mol. The van der Waals surface area contributed by atoms with Gasteiger partial charge in [-0.25, -0.2) is 13.4 Å². The second-order valence-corrected chi connectivity index (χ2v) is 9.89. The van der Waals surface area contributed by atoms with Gasteiger partial charge in [-0.3, -0.25) is 9.52 Å². The molecule has 0 bridgehead atoms. The Labute approximate surface area is 180 Å². The minimum absolute atomic E-state index is 0.129. The molecule has 0 spiro atoms. The average Bonchev–Trinajstić information content (AvgIpc) is 3.14. The number of nitrogens with zero attached hydrogens (tertiary/aromatic N) is 2. The fourth-order valence-corrected chi connectivity index (χ4v) is 5.15. The lowest BCUT2D eigenvalue weighted by molar-refractivity contribution is -0.125. The first-order valence-electron chi connectivity index (χ1n) is 8.57. The van der Waals surface area contributed by atoms with Crippen LogP contribution in [-0.4, -0.2) is 32.5 Å². The molecule has 1 aliphatic heterocycles. The summed E-state index contributed by atoms with van der Waals surface area (Å²) >= 11 is 4.47. The molecule has 1 N–H and O–H groups in total. The minimum Gasteiger partial charge on any atom is -0.479 e. The lowest BCUT2D eigenvalue weighted by atomic mass is 10.1. The van der Waals surface area contributed by atoms with Gasteiger partial charge in [0.1, 0.15) is 5.75 Å². The summed E-state index contributed by atoms with van der Waals surface area (Å²) in [4.78, 5) is 18.3. The van der Waals surface area contributed by atoms with Gasteiger partial charge >= 0.3 is 0 Å². The van der Waals surface area contributed by atoms with Gasteiger partial charge in [-0.15, -0.1) is 11.3 Å². The Morgan fingerprint density at radius 3 is 2.66 bits per heavy atom. The summed E-state index contributed by atoms with van der Waals surface area (Å²) in [5, 5.41) is 2.02. The second kappa shape index (κ2) is 7.43. The molecule has 0 radical (unpaired) electrons. The number of rotatable bonds is 4. The molecule has 3 aromatic rings. The summed E-state index contributed by atoms with van der Waals surface area (Å²) in [5.74, 6) is 0.491. The van der Waals surface area contributed by atoms with Gasteiger partial charge in [0.2, 0.25) is 0 Å². The number of aromatic nitrogens is 1. The number of carbonyl (C=O) groups excluding carboxylic acids is 1. The number of likely N-dealkylation sites (N-methyl/N-ethyl adjacent to an activating group) is 1. The van der Waals surface area contributed by atoms with Crippen LogP contribution in [0.3, 0.4) is 0 Å². The zero-order valence-corrected chi connectivity index (χ0v) is 18.6. The van der Waals surface area contributed by atoms with Crippen LogP contribution in [0.1, 0.15) is 6.92 Å². The summed E-state index contributed by atoms with van der Waals surface area (Å²) in [7, 11) is -2.03. The number of halogens is 1. The number of ether oxygens (including phenoxy) is 1. The molecule has 0 aliphatic carbocycles. The number of carbonyl (C=O) groups is 1. The molecule has 0 saturated carbocycles. The Bertz CT molecular complexity index is 1190. The lowest BCUT2D eigenvalue weighted by Gasteiger charge is -2.30. The van der Waals surface area contributed by atoms with E-state index in [2.05, 4.69) is 25.6 Å². The van der Waals surface area contributed by atoms with E-state index in [0.717, 1.165) is 10.0 Å². The summed E-state index contributed by atoms with van der Waals surface area (Å²) in [6.07, 6.45) is -0.530. The lowest BCUT2D eigenvalue weighted by Crippen LogP contribution is -2.41. The molecule has 10 heteroatoms. The smallest absolute Gasteiger partial charge is 0.267 e. The van der Waals surface area contributed by atoms with Crippen LogP contribution in [-0.2, 0) is 14.8 Å². The number of benzene rings is 2. The van der Waals surface area contributed by atoms with Crippen molar-refractivity contribution in [3.8, 4) is 17.0 Å². The largest absolute Gasteiger partial charge is 0.479 e. The number of thiazole rings is 1. The number of hydrogen-bond donors (Lipinski definition) is 1. The molecule has 0 fully saturated rings. The van der Waals surface area contributed by atoms with E-state index in [-0.39, 0.29) is 15.9 Å². The highest BCUT2D eigenvalue weighted by Crippen LogP contribution is 2.37. The van der Waals surface area contributed by atoms with Crippen molar-refractivity contribution in [2.75, 3.05) is 16.7 Å². The second-order valence-electron chi connectivity index (χ2n) is 6.44. The molecule has 29 heavy (non-hydrogen) atoms. The summed E-state index contributed by atoms with van der Waals surface area (Å²) in [5.41, 5.74) is 2.01. The molecule has 1 aromatic heterocycles. The van der Waals surface area contributed by atoms with Gasteiger partial charge < -0.3 is 9.64 Å². The van der Waals surface area contributed by atoms with Crippen LogP contribution < -0.4 is 14.4 Å². The zero-order valence-electron chi connectivity index (χ0n) is 15.4. The quantitative estimate of drug-likeness (QED) is 0.590. The van der Waals surface area contributed by atoms with Gasteiger partial charge in [0.05, 0.1) is 16.3 Å². The standard InChI is InChI=1S/C19H16BrN3O4S2/c1-11-18(24)23(2)16-9-12(3-8-17(16)27-11)15-10-28-19(21-15)22-29(25,26)14-6-4-13(20)5-7-14/h3-11H,1-2H3,(H,21,22). The molecule has 150 valence electrons. The van der Waals surface area contributed by atoms with Crippen LogP contribution in [0.5, 0.6) is 5.75 Å². The first-order valence-corrected chi connectivity index (χ1v) is 11.7. The van der Waals surface area contributed by atoms with E-state index in [1.807, 2.05) is 6.07 Å². The number of amides is 1. The Morgan fingerprint density at radius 2 is 1.93 bits per heavy atom. The number of fused-ring (bicyclic) bond motifs is 1. The Balaban J connectivity index is 1.60. The third-order valence-corrected chi connectivity index (χ3v) is 7.22. The van der Waals surface area contributed by atoms with E-state index >= 15 is 0 Å². The Kier molecular flexibility index (Phi) is 5.09. The molecular formula is C19H16BrN3O4S2. The monoisotopic (exact) mass is 493 g/mol. The van der Waals surface area contributed by atoms with Crippen LogP contribution in [0, 0.1) is 0 Å². The van der Waals surface area contributed by atoms with Crippen molar-refractivity contribution in [2.45, 2.75) is 17.9 Å². The molecule has 1 amide bonds. The van der Waals surface area contributed by atoms with Crippen molar-refractivity contribution in [1.29, 1.82) is 0 Å². The highest BCUT2D eigenvalue weighted by Gasteiger charge is 2.29. The normalized spacial score (nSPS) is 16.3. The third kappa shape index (κ3) is 3.87. The molecule has 1 atom stereocenters. The molecule has 2 heterocycles. The maximum atomic E-state index is 12.5. The minimum atomic E-state index is -3.73. The molecule has 7 nitrogen and oxygen atoms in total. The Morgan fingerprint density at radius 1 is 1.21 bits per heavy atom. The molecule has 4 rings (SSSR count). The van der Waals surface area contributed by atoms with Crippen LogP contribution in [0.15, 0.2) is 57.2 Å². The van der Waals surface area contributed by atoms with Gasteiger partial charge in [-0.05, 0) is 49.4 Å². The SMILES string of the molecule is CC1Oc2ccc(-c3csc(NS(=O)(=O)c4ccc(Br)cc4)n3)cc2N(C)C1=O.